The van der Waals surface area contributed by atoms with E-state index in [0.29, 0.717) is 18.4 Å². The average molecular weight is 396 g/mol. The van der Waals surface area contributed by atoms with Gasteiger partial charge in [-0.15, -0.1) is 0 Å². The number of hydrogen-bond acceptors (Lipinski definition) is 6. The van der Waals surface area contributed by atoms with Gasteiger partial charge in [0.15, 0.2) is 22.8 Å². The monoisotopic (exact) mass is 396 g/mol. The molecule has 3 aliphatic carbocycles. The summed E-state index contributed by atoms with van der Waals surface area (Å²) < 4.78 is 13.0. The molecule has 6 heteroatoms. The number of carbonyl (C=O) groups excluding carboxylic acids is 2. The van der Waals surface area contributed by atoms with Crippen molar-refractivity contribution in [2.24, 2.45) is 11.8 Å². The number of rotatable bonds is 2. The van der Waals surface area contributed by atoms with Gasteiger partial charge in [0, 0.05) is 36.0 Å². The van der Waals surface area contributed by atoms with Crippen LogP contribution < -0.4 is 4.74 Å². The Hall–Kier alpha value is -2.60. The summed E-state index contributed by atoms with van der Waals surface area (Å²) in [6, 6.07) is 2.45. The summed E-state index contributed by atoms with van der Waals surface area (Å²) in [5.41, 5.74) is -1.83. The van der Waals surface area contributed by atoms with Crippen LogP contribution in [0.15, 0.2) is 35.4 Å². The lowest BCUT2D eigenvalue weighted by Gasteiger charge is -2.56. The van der Waals surface area contributed by atoms with Crippen LogP contribution in [0.1, 0.15) is 50.9 Å². The highest BCUT2D eigenvalue weighted by molar-refractivity contribution is 6.18. The summed E-state index contributed by atoms with van der Waals surface area (Å²) in [6.07, 6.45) is 4.50. The maximum absolute atomic E-state index is 13.6. The SMILES string of the molecule is CC(C)=CC[C@]12OC(C)(C)[C@H]3C[C@H](C=C4C(=O)c5c(O)cc(O)cc5O[C@@]431)C2=O. The van der Waals surface area contributed by atoms with Crippen LogP contribution in [0.4, 0.5) is 0 Å². The number of hydrogen-bond donors (Lipinski definition) is 2. The lowest BCUT2D eigenvalue weighted by molar-refractivity contribution is -0.171. The lowest BCUT2D eigenvalue weighted by atomic mass is 9.51. The molecule has 2 N–H and O–H groups in total. The van der Waals surface area contributed by atoms with Crippen molar-refractivity contribution in [3.05, 3.63) is 41.0 Å². The fourth-order valence-electron chi connectivity index (χ4n) is 5.88. The van der Waals surface area contributed by atoms with E-state index < -0.39 is 22.7 Å². The molecule has 1 saturated heterocycles. The van der Waals surface area contributed by atoms with E-state index in [9.17, 15) is 19.8 Å². The third-order valence-corrected chi connectivity index (χ3v) is 6.97. The Morgan fingerprint density at radius 3 is 2.66 bits per heavy atom. The third-order valence-electron chi connectivity index (χ3n) is 6.97. The lowest BCUT2D eigenvalue weighted by Crippen LogP contribution is -2.72. The Bertz CT molecular complexity index is 1040. The summed E-state index contributed by atoms with van der Waals surface area (Å²) in [5, 5.41) is 20.3. The van der Waals surface area contributed by atoms with E-state index in [0.717, 1.165) is 11.6 Å². The molecule has 0 amide bonds. The molecule has 0 unspecified atom stereocenters. The standard InChI is InChI=1S/C23H24O6/c1-11(2)5-6-22-20(27)12-7-14-19(26)18-15(25)9-13(24)10-16(18)28-23(14,22)17(8-12)21(3,4)29-22/h5,7,9-10,12,17,24-25H,6,8H2,1-4H3/t12-,17+,22+,23-/m0/s1. The van der Waals surface area contributed by atoms with Gasteiger partial charge in [0.2, 0.25) is 0 Å². The quantitative estimate of drug-likeness (QED) is 0.744. The first kappa shape index (κ1) is 18.4. The molecule has 4 bridgehead atoms. The molecule has 1 spiro atoms. The zero-order valence-electron chi connectivity index (χ0n) is 16.9. The van der Waals surface area contributed by atoms with Crippen molar-refractivity contribution in [3.8, 4) is 17.2 Å². The van der Waals surface area contributed by atoms with Crippen LogP contribution in [0.2, 0.25) is 0 Å². The molecule has 2 fully saturated rings. The molecule has 2 aliphatic heterocycles. The minimum absolute atomic E-state index is 0.0224. The van der Waals surface area contributed by atoms with Crippen molar-refractivity contribution >= 4 is 11.6 Å². The molecule has 4 atom stereocenters. The van der Waals surface area contributed by atoms with Crippen LogP contribution in [0.5, 0.6) is 17.2 Å². The van der Waals surface area contributed by atoms with Crippen molar-refractivity contribution in [3.63, 3.8) is 0 Å². The Balaban J connectivity index is 1.82. The molecule has 1 aromatic rings. The maximum Gasteiger partial charge on any atom is 0.200 e. The van der Waals surface area contributed by atoms with E-state index in [1.807, 2.05) is 33.8 Å². The summed E-state index contributed by atoms with van der Waals surface area (Å²) in [6.45, 7) is 7.77. The zero-order chi connectivity index (χ0) is 20.9. The van der Waals surface area contributed by atoms with Gasteiger partial charge >= 0.3 is 0 Å². The number of phenols is 2. The zero-order valence-corrected chi connectivity index (χ0v) is 16.9. The van der Waals surface area contributed by atoms with Crippen LogP contribution in [0, 0.1) is 11.8 Å². The second kappa shape index (κ2) is 5.30. The predicted octanol–water partition coefficient (Wildman–Crippen LogP) is 3.46. The van der Waals surface area contributed by atoms with Gasteiger partial charge < -0.3 is 19.7 Å². The fraction of sp³-hybridized carbons (Fsp3) is 0.478. The summed E-state index contributed by atoms with van der Waals surface area (Å²) in [4.78, 5) is 27.1. The number of carbonyl (C=O) groups is 2. The van der Waals surface area contributed by atoms with Crippen LogP contribution in [0.25, 0.3) is 0 Å². The Kier molecular flexibility index (Phi) is 3.37. The molecule has 29 heavy (non-hydrogen) atoms. The number of aromatic hydroxyl groups is 2. The molecule has 5 aliphatic rings. The Morgan fingerprint density at radius 1 is 1.24 bits per heavy atom. The second-order valence-corrected chi connectivity index (χ2v) is 9.36. The molecule has 152 valence electrons. The Morgan fingerprint density at radius 2 is 1.97 bits per heavy atom. The number of Topliss-reactive ketones (excluding diaryl/α,β-unsaturated/α-hetero) is 2. The molecule has 1 aromatic carbocycles. The number of ether oxygens (including phenoxy) is 2. The van der Waals surface area contributed by atoms with E-state index in [4.69, 9.17) is 9.47 Å². The van der Waals surface area contributed by atoms with E-state index in [1.165, 1.54) is 6.07 Å². The number of ketones is 2. The van der Waals surface area contributed by atoms with Crippen molar-refractivity contribution in [2.75, 3.05) is 0 Å². The first-order valence-electron chi connectivity index (χ1n) is 9.93. The highest BCUT2D eigenvalue weighted by atomic mass is 16.6. The van der Waals surface area contributed by atoms with Crippen LogP contribution in [0.3, 0.4) is 0 Å². The molecule has 1 saturated carbocycles. The van der Waals surface area contributed by atoms with E-state index in [-0.39, 0.29) is 40.3 Å². The van der Waals surface area contributed by atoms with Gasteiger partial charge in [0.05, 0.1) is 5.60 Å². The van der Waals surface area contributed by atoms with E-state index in [1.54, 1.807) is 6.08 Å². The maximum atomic E-state index is 13.6. The van der Waals surface area contributed by atoms with E-state index >= 15 is 0 Å². The first-order chi connectivity index (χ1) is 13.5. The fourth-order valence-corrected chi connectivity index (χ4v) is 5.88. The number of fused-ring (bicyclic) bond motifs is 1. The smallest absolute Gasteiger partial charge is 0.200 e. The van der Waals surface area contributed by atoms with Gasteiger partial charge in [0.25, 0.3) is 0 Å². The van der Waals surface area contributed by atoms with Gasteiger partial charge in [-0.2, -0.15) is 0 Å². The first-order valence-corrected chi connectivity index (χ1v) is 9.93. The van der Waals surface area contributed by atoms with Crippen molar-refractivity contribution in [2.45, 2.75) is 57.3 Å². The molecule has 6 nitrogen and oxygen atoms in total. The van der Waals surface area contributed by atoms with Gasteiger partial charge in [-0.05, 0) is 34.1 Å². The van der Waals surface area contributed by atoms with Crippen molar-refractivity contribution < 1.29 is 29.3 Å². The topological polar surface area (TPSA) is 93.1 Å². The second-order valence-electron chi connectivity index (χ2n) is 9.36. The molecule has 2 heterocycles. The van der Waals surface area contributed by atoms with Crippen LogP contribution in [-0.2, 0) is 9.53 Å². The normalized spacial score (nSPS) is 35.5. The number of benzene rings is 1. The predicted molar refractivity (Wildman–Crippen MR) is 104 cm³/mol. The van der Waals surface area contributed by atoms with Crippen molar-refractivity contribution in [1.82, 2.24) is 0 Å². The molecule has 6 rings (SSSR count). The third kappa shape index (κ3) is 2.00. The molecular weight excluding hydrogens is 372 g/mol. The summed E-state index contributed by atoms with van der Waals surface area (Å²) in [7, 11) is 0. The highest BCUT2D eigenvalue weighted by Gasteiger charge is 2.81. The number of phenolic OH excluding ortho intramolecular Hbond substituents is 2. The number of allylic oxidation sites excluding steroid dienone is 2. The Labute approximate surface area is 168 Å². The summed E-state index contributed by atoms with van der Waals surface area (Å²) in [5.74, 6) is -1.53. The largest absolute Gasteiger partial charge is 0.508 e. The van der Waals surface area contributed by atoms with Gasteiger partial charge in [-0.3, -0.25) is 9.59 Å². The van der Waals surface area contributed by atoms with Crippen LogP contribution >= 0.6 is 0 Å². The van der Waals surface area contributed by atoms with Gasteiger partial charge in [-0.1, -0.05) is 17.7 Å². The average Bonchev–Trinajstić information content (AvgIpc) is 2.77. The molecular formula is C23H24O6. The van der Waals surface area contributed by atoms with Crippen molar-refractivity contribution in [1.29, 1.82) is 0 Å². The molecule has 0 radical (unpaired) electrons. The van der Waals surface area contributed by atoms with Gasteiger partial charge in [0.1, 0.15) is 22.8 Å². The van der Waals surface area contributed by atoms with E-state index in [2.05, 4.69) is 0 Å². The molecule has 0 aromatic heterocycles. The summed E-state index contributed by atoms with van der Waals surface area (Å²) >= 11 is 0. The van der Waals surface area contributed by atoms with Crippen LogP contribution in [-0.4, -0.2) is 38.6 Å². The van der Waals surface area contributed by atoms with Gasteiger partial charge in [-0.25, -0.2) is 0 Å². The highest BCUT2D eigenvalue weighted by Crippen LogP contribution is 2.67. The minimum atomic E-state index is -1.32. The minimum Gasteiger partial charge on any atom is -0.508 e.